The second kappa shape index (κ2) is 14.8. The monoisotopic (exact) mass is 710 g/mol. The molecule has 4 aromatic rings. The highest BCUT2D eigenvalue weighted by atomic mass is 19.1. The van der Waals surface area contributed by atoms with Crippen LogP contribution in [0.25, 0.3) is 22.3 Å². The summed E-state index contributed by atoms with van der Waals surface area (Å²) in [5, 5.41) is 0. The third-order valence-corrected chi connectivity index (χ3v) is 13.2. The normalized spacial score (nSPS) is 23.6. The Morgan fingerprint density at radius 3 is 1.38 bits per heavy atom. The van der Waals surface area contributed by atoms with E-state index < -0.39 is 0 Å². The molecular formula is C46H51FN4O2. The minimum atomic E-state index is -0.227. The van der Waals surface area contributed by atoms with E-state index >= 15 is 0 Å². The largest absolute Gasteiger partial charge is 0.334 e. The van der Waals surface area contributed by atoms with Crippen LogP contribution in [0, 0.1) is 5.82 Å². The zero-order valence-corrected chi connectivity index (χ0v) is 30.8. The maximum atomic E-state index is 13.2. The Morgan fingerprint density at radius 1 is 0.472 bits per heavy atom. The van der Waals surface area contributed by atoms with E-state index in [0.29, 0.717) is 12.1 Å². The van der Waals surface area contributed by atoms with E-state index in [1.165, 1.54) is 73.9 Å². The molecule has 0 bridgehead atoms. The SMILES string of the molecule is O=C1c2ccc(-c3ccc(F)cc3)cc2CCN1[C@@H]1CCN(C2CCC2)C1.O=C1c2ccc(-c3ccccc3)cc2CCN1[C@@H]1CCN(C2CCC2)C1. The van der Waals surface area contributed by atoms with E-state index in [1.807, 2.05) is 24.3 Å². The van der Waals surface area contributed by atoms with Crippen LogP contribution in [0.2, 0.25) is 0 Å². The maximum absolute atomic E-state index is 13.2. The topological polar surface area (TPSA) is 47.1 Å². The summed E-state index contributed by atoms with van der Waals surface area (Å²) in [5.41, 5.74) is 8.55. The highest BCUT2D eigenvalue weighted by Crippen LogP contribution is 2.34. The van der Waals surface area contributed by atoms with Crippen molar-refractivity contribution in [3.05, 3.63) is 119 Å². The molecule has 2 aliphatic carbocycles. The van der Waals surface area contributed by atoms with Crippen molar-refractivity contribution in [1.29, 1.82) is 0 Å². The van der Waals surface area contributed by atoms with Crippen LogP contribution in [0.15, 0.2) is 91.0 Å². The first kappa shape index (κ1) is 34.4. The van der Waals surface area contributed by atoms with Crippen molar-refractivity contribution in [2.24, 2.45) is 0 Å². The third-order valence-electron chi connectivity index (χ3n) is 13.2. The van der Waals surface area contributed by atoms with Crippen molar-refractivity contribution in [1.82, 2.24) is 19.6 Å². The molecule has 0 N–H and O–H groups in total. The molecule has 6 nitrogen and oxygen atoms in total. The van der Waals surface area contributed by atoms with Gasteiger partial charge in [-0.3, -0.25) is 19.4 Å². The molecule has 0 spiro atoms. The second-order valence-electron chi connectivity index (χ2n) is 16.2. The van der Waals surface area contributed by atoms with Gasteiger partial charge in [0, 0.05) is 74.6 Å². The summed E-state index contributed by atoms with van der Waals surface area (Å²) in [4.78, 5) is 35.7. The molecule has 4 heterocycles. The minimum absolute atomic E-state index is 0.183. The van der Waals surface area contributed by atoms with Crippen molar-refractivity contribution in [2.45, 2.75) is 88.4 Å². The molecule has 0 radical (unpaired) electrons. The Kier molecular flexibility index (Phi) is 9.64. The molecule has 2 saturated carbocycles. The predicted molar refractivity (Wildman–Crippen MR) is 208 cm³/mol. The highest BCUT2D eigenvalue weighted by molar-refractivity contribution is 5.98. The van der Waals surface area contributed by atoms with Gasteiger partial charge in [-0.15, -0.1) is 0 Å². The molecule has 274 valence electrons. The number of fused-ring (bicyclic) bond motifs is 2. The quantitative estimate of drug-likeness (QED) is 0.203. The van der Waals surface area contributed by atoms with Gasteiger partial charge >= 0.3 is 0 Å². The summed E-state index contributed by atoms with van der Waals surface area (Å²) < 4.78 is 13.2. The van der Waals surface area contributed by atoms with Gasteiger partial charge in [-0.2, -0.15) is 0 Å². The highest BCUT2D eigenvalue weighted by Gasteiger charge is 2.39. The average molecular weight is 711 g/mol. The number of halogens is 1. The van der Waals surface area contributed by atoms with Crippen LogP contribution in [0.3, 0.4) is 0 Å². The van der Waals surface area contributed by atoms with Crippen molar-refractivity contribution in [3.63, 3.8) is 0 Å². The number of rotatable bonds is 6. The first-order chi connectivity index (χ1) is 26.0. The zero-order chi connectivity index (χ0) is 35.9. The molecule has 6 aliphatic rings. The Bertz CT molecular complexity index is 1960. The van der Waals surface area contributed by atoms with E-state index in [4.69, 9.17) is 0 Å². The molecule has 7 heteroatoms. The molecule has 2 amide bonds. The third kappa shape index (κ3) is 6.94. The molecule has 4 aliphatic heterocycles. The number of nitrogens with zero attached hydrogens (tertiary/aromatic N) is 4. The van der Waals surface area contributed by atoms with Gasteiger partial charge in [-0.1, -0.05) is 79.6 Å². The Hall–Kier alpha value is -4.33. The zero-order valence-electron chi connectivity index (χ0n) is 30.8. The number of amides is 2. The molecule has 0 aromatic heterocycles. The van der Waals surface area contributed by atoms with E-state index in [2.05, 4.69) is 62.1 Å². The summed E-state index contributed by atoms with van der Waals surface area (Å²) in [6.07, 6.45) is 12.2. The van der Waals surface area contributed by atoms with Gasteiger partial charge in [0.15, 0.2) is 0 Å². The lowest BCUT2D eigenvalue weighted by Gasteiger charge is -2.37. The summed E-state index contributed by atoms with van der Waals surface area (Å²) in [5.74, 6) is 0.198. The minimum Gasteiger partial charge on any atom is -0.334 e. The number of hydrogen-bond acceptors (Lipinski definition) is 4. The van der Waals surface area contributed by atoms with Gasteiger partial charge in [-0.05, 0) is 109 Å². The van der Waals surface area contributed by atoms with Crippen molar-refractivity contribution >= 4 is 11.8 Å². The van der Waals surface area contributed by atoms with Gasteiger partial charge in [0.05, 0.1) is 0 Å². The van der Waals surface area contributed by atoms with Gasteiger partial charge in [0.25, 0.3) is 11.8 Å². The van der Waals surface area contributed by atoms with Crippen LogP contribution < -0.4 is 0 Å². The van der Waals surface area contributed by atoms with Crippen LogP contribution in [-0.4, -0.2) is 94.8 Å². The van der Waals surface area contributed by atoms with Gasteiger partial charge < -0.3 is 9.80 Å². The van der Waals surface area contributed by atoms with Gasteiger partial charge in [0.2, 0.25) is 0 Å². The number of likely N-dealkylation sites (tertiary alicyclic amines) is 2. The molecule has 2 atom stereocenters. The Labute approximate surface area is 313 Å². The lowest BCUT2D eigenvalue weighted by Crippen LogP contribution is -2.47. The standard InChI is InChI=1S/C23H25FN2O.C23H26N2O/c24-19-7-4-16(5-8-19)17-6-9-22-18(14-17)10-13-26(23(22)27)21-11-12-25(15-21)20-2-1-3-20;26-23-22-10-9-18(17-5-2-1-3-6-17)15-19(22)11-14-25(23)21-12-13-24(16-21)20-7-4-8-20/h4-9,14,20-21H,1-3,10-13,15H2;1-3,5-6,9-10,15,20-21H,4,7-8,11-14,16H2/t2*21-/m11/s1. The molecular weight excluding hydrogens is 660 g/mol. The smallest absolute Gasteiger partial charge is 0.254 e. The fraction of sp³-hybridized carbons (Fsp3) is 0.435. The molecule has 0 unspecified atom stereocenters. The van der Waals surface area contributed by atoms with Crippen molar-refractivity contribution in [3.8, 4) is 22.3 Å². The molecule has 53 heavy (non-hydrogen) atoms. The van der Waals surface area contributed by atoms with Crippen LogP contribution >= 0.6 is 0 Å². The Morgan fingerprint density at radius 2 is 0.925 bits per heavy atom. The fourth-order valence-electron chi connectivity index (χ4n) is 9.55. The molecule has 10 rings (SSSR count). The van der Waals surface area contributed by atoms with E-state index in [1.54, 1.807) is 12.1 Å². The number of carbonyl (C=O) groups excluding carboxylic acids is 2. The van der Waals surface area contributed by atoms with E-state index in [-0.39, 0.29) is 17.6 Å². The second-order valence-corrected chi connectivity index (χ2v) is 16.2. The average Bonchev–Trinajstić information content (AvgIpc) is 3.82. The van der Waals surface area contributed by atoms with Crippen molar-refractivity contribution < 1.29 is 14.0 Å². The predicted octanol–water partition coefficient (Wildman–Crippen LogP) is 8.10. The van der Waals surface area contributed by atoms with Crippen LogP contribution in [0.4, 0.5) is 4.39 Å². The fourth-order valence-corrected chi connectivity index (χ4v) is 9.55. The number of carbonyl (C=O) groups is 2. The molecule has 4 fully saturated rings. The van der Waals surface area contributed by atoms with Crippen LogP contribution in [0.1, 0.15) is 83.2 Å². The van der Waals surface area contributed by atoms with Crippen molar-refractivity contribution in [2.75, 3.05) is 39.3 Å². The first-order valence-electron chi connectivity index (χ1n) is 20.2. The molecule has 2 saturated heterocycles. The summed E-state index contributed by atoms with van der Waals surface area (Å²) in [6, 6.07) is 31.7. The van der Waals surface area contributed by atoms with E-state index in [0.717, 1.165) is 98.3 Å². The lowest BCUT2D eigenvalue weighted by atomic mass is 9.92. The first-order valence-corrected chi connectivity index (χ1v) is 20.2. The summed E-state index contributed by atoms with van der Waals surface area (Å²) >= 11 is 0. The number of benzene rings is 4. The summed E-state index contributed by atoms with van der Waals surface area (Å²) in [7, 11) is 0. The van der Waals surface area contributed by atoms with Gasteiger partial charge in [-0.25, -0.2) is 4.39 Å². The Balaban J connectivity index is 0.000000141. The van der Waals surface area contributed by atoms with Crippen LogP contribution in [-0.2, 0) is 12.8 Å². The molecule has 4 aromatic carbocycles. The van der Waals surface area contributed by atoms with E-state index in [9.17, 15) is 14.0 Å². The lowest BCUT2D eigenvalue weighted by molar-refractivity contribution is 0.0639. The summed E-state index contributed by atoms with van der Waals surface area (Å²) in [6.45, 7) is 6.09. The van der Waals surface area contributed by atoms with Crippen LogP contribution in [0.5, 0.6) is 0 Å². The maximum Gasteiger partial charge on any atom is 0.254 e. The van der Waals surface area contributed by atoms with Gasteiger partial charge in [0.1, 0.15) is 5.82 Å². The number of hydrogen-bond donors (Lipinski definition) is 0.